The standard InChI is InChI=1S/C11H13N3O3/c15-11-7-12-6-9(13-11)5-8-3-1-2-4-10(8)14(16)17/h1-4,9,12H,5-7H2,(H,13,15). The molecule has 0 aliphatic carbocycles. The van der Waals surface area contributed by atoms with Crippen LogP contribution in [-0.2, 0) is 11.2 Å². The summed E-state index contributed by atoms with van der Waals surface area (Å²) >= 11 is 0. The van der Waals surface area contributed by atoms with Crippen molar-refractivity contribution in [2.45, 2.75) is 12.5 Å². The minimum atomic E-state index is -0.395. The fourth-order valence-electron chi connectivity index (χ4n) is 1.94. The molecule has 1 aromatic rings. The summed E-state index contributed by atoms with van der Waals surface area (Å²) in [6, 6.07) is 6.52. The molecule has 1 atom stereocenters. The Balaban J connectivity index is 2.12. The van der Waals surface area contributed by atoms with E-state index in [9.17, 15) is 14.9 Å². The van der Waals surface area contributed by atoms with Gasteiger partial charge in [0.2, 0.25) is 5.91 Å². The highest BCUT2D eigenvalue weighted by molar-refractivity contribution is 5.79. The second-order valence-corrected chi connectivity index (χ2v) is 3.99. The molecule has 6 nitrogen and oxygen atoms in total. The summed E-state index contributed by atoms with van der Waals surface area (Å²) in [4.78, 5) is 21.6. The van der Waals surface area contributed by atoms with Crippen LogP contribution in [0.5, 0.6) is 0 Å². The minimum absolute atomic E-state index is 0.0696. The van der Waals surface area contributed by atoms with Crippen LogP contribution >= 0.6 is 0 Å². The molecule has 1 fully saturated rings. The number of rotatable bonds is 3. The molecule has 1 heterocycles. The molecule has 0 aromatic heterocycles. The number of piperazine rings is 1. The first-order valence-corrected chi connectivity index (χ1v) is 5.39. The van der Waals surface area contributed by atoms with Crippen molar-refractivity contribution in [1.29, 1.82) is 0 Å². The van der Waals surface area contributed by atoms with E-state index in [0.29, 0.717) is 25.1 Å². The molecular formula is C11H13N3O3. The zero-order valence-electron chi connectivity index (χ0n) is 9.18. The van der Waals surface area contributed by atoms with Gasteiger partial charge in [0.25, 0.3) is 5.69 Å². The molecule has 1 aromatic carbocycles. The predicted octanol–water partition coefficient (Wildman–Crippen LogP) is 0.225. The number of carbonyl (C=O) groups is 1. The van der Waals surface area contributed by atoms with Crippen LogP contribution < -0.4 is 10.6 Å². The number of benzene rings is 1. The van der Waals surface area contributed by atoms with E-state index in [0.717, 1.165) is 0 Å². The first kappa shape index (κ1) is 11.5. The van der Waals surface area contributed by atoms with Gasteiger partial charge in [0, 0.05) is 30.6 Å². The first-order valence-electron chi connectivity index (χ1n) is 5.39. The molecule has 1 aliphatic rings. The monoisotopic (exact) mass is 235 g/mol. The van der Waals surface area contributed by atoms with Crippen LogP contribution in [0.4, 0.5) is 5.69 Å². The molecule has 1 amide bonds. The van der Waals surface area contributed by atoms with E-state index < -0.39 is 4.92 Å². The summed E-state index contributed by atoms with van der Waals surface area (Å²) in [5, 5.41) is 16.6. The number of carbonyl (C=O) groups excluding carboxylic acids is 1. The van der Waals surface area contributed by atoms with Crippen molar-refractivity contribution in [3.63, 3.8) is 0 Å². The Morgan fingerprint density at radius 1 is 1.41 bits per heavy atom. The quantitative estimate of drug-likeness (QED) is 0.580. The maximum atomic E-state index is 11.2. The number of hydrogen-bond donors (Lipinski definition) is 2. The Morgan fingerprint density at radius 2 is 2.18 bits per heavy atom. The Bertz CT molecular complexity index is 447. The van der Waals surface area contributed by atoms with Gasteiger partial charge in [0.05, 0.1) is 11.5 Å². The van der Waals surface area contributed by atoms with Crippen LogP contribution in [0.25, 0.3) is 0 Å². The molecule has 1 unspecified atom stereocenters. The molecule has 0 radical (unpaired) electrons. The maximum absolute atomic E-state index is 11.2. The van der Waals surface area contributed by atoms with E-state index in [1.807, 2.05) is 0 Å². The van der Waals surface area contributed by atoms with E-state index in [-0.39, 0.29) is 17.6 Å². The van der Waals surface area contributed by atoms with Crippen LogP contribution in [0, 0.1) is 10.1 Å². The number of nitrogens with zero attached hydrogens (tertiary/aromatic N) is 1. The molecule has 6 heteroatoms. The molecule has 90 valence electrons. The number of amides is 1. The predicted molar refractivity (Wildman–Crippen MR) is 61.6 cm³/mol. The van der Waals surface area contributed by atoms with Crippen LogP contribution in [0.1, 0.15) is 5.56 Å². The van der Waals surface area contributed by atoms with Crippen molar-refractivity contribution in [1.82, 2.24) is 10.6 Å². The van der Waals surface area contributed by atoms with Gasteiger partial charge in [-0.1, -0.05) is 18.2 Å². The van der Waals surface area contributed by atoms with Gasteiger partial charge in [-0.2, -0.15) is 0 Å². The lowest BCUT2D eigenvalue weighted by Crippen LogP contribution is -2.52. The third-order valence-corrected chi connectivity index (χ3v) is 2.70. The second-order valence-electron chi connectivity index (χ2n) is 3.99. The average Bonchev–Trinajstić information content (AvgIpc) is 2.29. The van der Waals surface area contributed by atoms with E-state index >= 15 is 0 Å². The van der Waals surface area contributed by atoms with E-state index in [1.165, 1.54) is 6.07 Å². The van der Waals surface area contributed by atoms with Gasteiger partial charge >= 0.3 is 0 Å². The molecule has 0 spiro atoms. The smallest absolute Gasteiger partial charge is 0.272 e. The zero-order chi connectivity index (χ0) is 12.3. The lowest BCUT2D eigenvalue weighted by molar-refractivity contribution is -0.385. The van der Waals surface area contributed by atoms with Crippen molar-refractivity contribution < 1.29 is 9.72 Å². The summed E-state index contributed by atoms with van der Waals surface area (Å²) in [7, 11) is 0. The third kappa shape index (κ3) is 2.79. The lowest BCUT2D eigenvalue weighted by atomic mass is 10.0. The van der Waals surface area contributed by atoms with Crippen molar-refractivity contribution in [2.24, 2.45) is 0 Å². The van der Waals surface area contributed by atoms with Crippen LogP contribution in [0.2, 0.25) is 0 Å². The highest BCUT2D eigenvalue weighted by Gasteiger charge is 2.21. The Labute approximate surface area is 98.2 Å². The number of nitro benzene ring substituents is 1. The molecule has 1 saturated heterocycles. The Hall–Kier alpha value is -1.95. The van der Waals surface area contributed by atoms with Crippen molar-refractivity contribution in [2.75, 3.05) is 13.1 Å². The summed E-state index contributed by atoms with van der Waals surface area (Å²) in [5.41, 5.74) is 0.749. The van der Waals surface area contributed by atoms with Gasteiger partial charge in [-0.3, -0.25) is 14.9 Å². The van der Waals surface area contributed by atoms with E-state index in [2.05, 4.69) is 10.6 Å². The number of hydrogen-bond acceptors (Lipinski definition) is 4. The van der Waals surface area contributed by atoms with Crippen LogP contribution in [-0.4, -0.2) is 30.0 Å². The van der Waals surface area contributed by atoms with Gasteiger partial charge in [0.15, 0.2) is 0 Å². The highest BCUT2D eigenvalue weighted by Crippen LogP contribution is 2.19. The fourth-order valence-corrected chi connectivity index (χ4v) is 1.94. The van der Waals surface area contributed by atoms with E-state index in [4.69, 9.17) is 0 Å². The molecule has 0 saturated carbocycles. The number of para-hydroxylation sites is 1. The fraction of sp³-hybridized carbons (Fsp3) is 0.364. The highest BCUT2D eigenvalue weighted by atomic mass is 16.6. The van der Waals surface area contributed by atoms with Crippen LogP contribution in [0.3, 0.4) is 0 Å². The molecule has 2 rings (SSSR count). The van der Waals surface area contributed by atoms with Crippen molar-refractivity contribution in [3.05, 3.63) is 39.9 Å². The molecule has 1 aliphatic heterocycles. The number of nitrogens with one attached hydrogen (secondary N) is 2. The Kier molecular flexibility index (Phi) is 3.34. The van der Waals surface area contributed by atoms with Crippen molar-refractivity contribution >= 4 is 11.6 Å². The Morgan fingerprint density at radius 3 is 2.88 bits per heavy atom. The van der Waals surface area contributed by atoms with Gasteiger partial charge in [0.1, 0.15) is 0 Å². The number of nitro groups is 1. The van der Waals surface area contributed by atoms with Gasteiger partial charge in [-0.05, 0) is 0 Å². The second kappa shape index (κ2) is 4.92. The average molecular weight is 235 g/mol. The summed E-state index contributed by atoms with van der Waals surface area (Å²) in [6.07, 6.45) is 0.468. The molecule has 17 heavy (non-hydrogen) atoms. The zero-order valence-corrected chi connectivity index (χ0v) is 9.18. The summed E-state index contributed by atoms with van der Waals surface area (Å²) in [6.45, 7) is 0.950. The molecular weight excluding hydrogens is 222 g/mol. The first-order chi connectivity index (χ1) is 8.16. The van der Waals surface area contributed by atoms with Crippen LogP contribution in [0.15, 0.2) is 24.3 Å². The van der Waals surface area contributed by atoms with E-state index in [1.54, 1.807) is 18.2 Å². The third-order valence-electron chi connectivity index (χ3n) is 2.70. The summed E-state index contributed by atoms with van der Waals surface area (Å²) < 4.78 is 0. The van der Waals surface area contributed by atoms with Gasteiger partial charge < -0.3 is 10.6 Å². The van der Waals surface area contributed by atoms with Gasteiger partial charge in [-0.15, -0.1) is 0 Å². The minimum Gasteiger partial charge on any atom is -0.351 e. The normalized spacial score (nSPS) is 19.8. The SMILES string of the molecule is O=C1CNCC(Cc2ccccc2[N+](=O)[O-])N1. The lowest BCUT2D eigenvalue weighted by Gasteiger charge is -2.24. The maximum Gasteiger partial charge on any atom is 0.272 e. The largest absolute Gasteiger partial charge is 0.351 e. The van der Waals surface area contributed by atoms with Crippen molar-refractivity contribution in [3.8, 4) is 0 Å². The molecule has 2 N–H and O–H groups in total. The van der Waals surface area contributed by atoms with Gasteiger partial charge in [-0.25, -0.2) is 0 Å². The topological polar surface area (TPSA) is 84.3 Å². The molecule has 0 bridgehead atoms. The summed E-state index contributed by atoms with van der Waals surface area (Å²) in [5.74, 6) is -0.0696.